The van der Waals surface area contributed by atoms with E-state index in [4.69, 9.17) is 10.5 Å². The smallest absolute Gasteiger partial charge is 0.221 e. The SMILES string of the molecule is CC(C)(N)CC(=O)NCCC1CCCCO1. The van der Waals surface area contributed by atoms with E-state index in [1.54, 1.807) is 0 Å². The van der Waals surface area contributed by atoms with Gasteiger partial charge >= 0.3 is 0 Å². The summed E-state index contributed by atoms with van der Waals surface area (Å²) < 4.78 is 5.58. The van der Waals surface area contributed by atoms with Gasteiger partial charge in [-0.2, -0.15) is 0 Å². The molecule has 3 N–H and O–H groups in total. The summed E-state index contributed by atoms with van der Waals surface area (Å²) in [6.07, 6.45) is 5.16. The fourth-order valence-electron chi connectivity index (χ4n) is 1.88. The van der Waals surface area contributed by atoms with E-state index in [0.717, 1.165) is 19.4 Å². The number of hydrogen-bond acceptors (Lipinski definition) is 3. The van der Waals surface area contributed by atoms with Gasteiger partial charge in [0.1, 0.15) is 0 Å². The Morgan fingerprint density at radius 1 is 1.50 bits per heavy atom. The van der Waals surface area contributed by atoms with E-state index in [0.29, 0.717) is 19.1 Å². The quantitative estimate of drug-likeness (QED) is 0.743. The molecule has 16 heavy (non-hydrogen) atoms. The van der Waals surface area contributed by atoms with Crippen LogP contribution in [0.25, 0.3) is 0 Å². The number of rotatable bonds is 5. The molecule has 0 aromatic heterocycles. The van der Waals surface area contributed by atoms with Gasteiger partial charge in [0.15, 0.2) is 0 Å². The van der Waals surface area contributed by atoms with Crippen LogP contribution in [-0.4, -0.2) is 30.7 Å². The van der Waals surface area contributed by atoms with Gasteiger partial charge in [-0.1, -0.05) is 0 Å². The van der Waals surface area contributed by atoms with E-state index < -0.39 is 5.54 Å². The molecule has 0 aromatic carbocycles. The second kappa shape index (κ2) is 6.21. The maximum absolute atomic E-state index is 11.5. The fourth-order valence-corrected chi connectivity index (χ4v) is 1.88. The zero-order valence-corrected chi connectivity index (χ0v) is 10.4. The first kappa shape index (κ1) is 13.5. The van der Waals surface area contributed by atoms with Crippen LogP contribution in [0.5, 0.6) is 0 Å². The summed E-state index contributed by atoms with van der Waals surface area (Å²) in [6, 6.07) is 0. The average Bonchev–Trinajstić information content (AvgIpc) is 2.16. The van der Waals surface area contributed by atoms with Crippen LogP contribution in [0, 0.1) is 0 Å². The molecule has 0 spiro atoms. The molecular formula is C12H24N2O2. The molecule has 1 amide bonds. The van der Waals surface area contributed by atoms with Crippen molar-refractivity contribution in [3.8, 4) is 0 Å². The van der Waals surface area contributed by atoms with Crippen LogP contribution in [0.3, 0.4) is 0 Å². The Labute approximate surface area is 97.9 Å². The molecule has 0 bridgehead atoms. The van der Waals surface area contributed by atoms with Gasteiger partial charge < -0.3 is 15.8 Å². The Balaban J connectivity index is 2.08. The van der Waals surface area contributed by atoms with Crippen molar-refractivity contribution >= 4 is 5.91 Å². The van der Waals surface area contributed by atoms with Crippen molar-refractivity contribution in [2.45, 2.75) is 57.6 Å². The van der Waals surface area contributed by atoms with E-state index in [2.05, 4.69) is 5.32 Å². The van der Waals surface area contributed by atoms with Gasteiger partial charge in [0.05, 0.1) is 6.10 Å². The molecule has 1 aliphatic heterocycles. The van der Waals surface area contributed by atoms with Crippen molar-refractivity contribution in [3.63, 3.8) is 0 Å². The first-order valence-electron chi connectivity index (χ1n) is 6.14. The van der Waals surface area contributed by atoms with Gasteiger partial charge in [-0.3, -0.25) is 4.79 Å². The molecule has 4 heteroatoms. The highest BCUT2D eigenvalue weighted by molar-refractivity contribution is 5.76. The van der Waals surface area contributed by atoms with Gasteiger partial charge in [0.2, 0.25) is 5.91 Å². The lowest BCUT2D eigenvalue weighted by molar-refractivity contribution is -0.122. The summed E-state index contributed by atoms with van der Waals surface area (Å²) in [5.74, 6) is 0.0308. The summed E-state index contributed by atoms with van der Waals surface area (Å²) >= 11 is 0. The van der Waals surface area contributed by atoms with E-state index in [9.17, 15) is 4.79 Å². The van der Waals surface area contributed by atoms with E-state index >= 15 is 0 Å². The Hall–Kier alpha value is -0.610. The van der Waals surface area contributed by atoms with Crippen molar-refractivity contribution in [1.82, 2.24) is 5.32 Å². The molecule has 0 aromatic rings. The van der Waals surface area contributed by atoms with Gasteiger partial charge in [0.25, 0.3) is 0 Å². The van der Waals surface area contributed by atoms with Crippen LogP contribution in [-0.2, 0) is 9.53 Å². The molecule has 0 aliphatic carbocycles. The number of nitrogens with one attached hydrogen (secondary N) is 1. The second-order valence-corrected chi connectivity index (χ2v) is 5.29. The molecule has 0 radical (unpaired) electrons. The lowest BCUT2D eigenvalue weighted by atomic mass is 10.0. The maximum Gasteiger partial charge on any atom is 0.221 e. The molecule has 4 nitrogen and oxygen atoms in total. The fraction of sp³-hybridized carbons (Fsp3) is 0.917. The minimum Gasteiger partial charge on any atom is -0.378 e. The second-order valence-electron chi connectivity index (χ2n) is 5.29. The van der Waals surface area contributed by atoms with Crippen molar-refractivity contribution in [2.24, 2.45) is 5.73 Å². The van der Waals surface area contributed by atoms with Crippen molar-refractivity contribution < 1.29 is 9.53 Å². The van der Waals surface area contributed by atoms with Crippen LogP contribution in [0.1, 0.15) is 46.0 Å². The molecule has 0 saturated carbocycles. The van der Waals surface area contributed by atoms with Crippen LogP contribution >= 0.6 is 0 Å². The molecule has 1 atom stereocenters. The largest absolute Gasteiger partial charge is 0.378 e. The third-order valence-corrected chi connectivity index (χ3v) is 2.68. The highest BCUT2D eigenvalue weighted by Gasteiger charge is 2.17. The Kier molecular flexibility index (Phi) is 5.22. The first-order valence-corrected chi connectivity index (χ1v) is 6.14. The Morgan fingerprint density at radius 2 is 2.25 bits per heavy atom. The minimum atomic E-state index is -0.425. The summed E-state index contributed by atoms with van der Waals surface area (Å²) in [6.45, 7) is 5.28. The summed E-state index contributed by atoms with van der Waals surface area (Å²) in [5, 5.41) is 2.89. The van der Waals surface area contributed by atoms with Crippen molar-refractivity contribution in [2.75, 3.05) is 13.2 Å². The predicted octanol–water partition coefficient (Wildman–Crippen LogP) is 1.19. The lowest BCUT2D eigenvalue weighted by Gasteiger charge is -2.23. The number of ether oxygens (including phenoxy) is 1. The first-order chi connectivity index (χ1) is 7.47. The normalized spacial score (nSPS) is 21.8. The van der Waals surface area contributed by atoms with Gasteiger partial charge in [-0.15, -0.1) is 0 Å². The molecule has 1 rings (SSSR count). The Bertz CT molecular complexity index is 218. The van der Waals surface area contributed by atoms with Crippen LogP contribution < -0.4 is 11.1 Å². The topological polar surface area (TPSA) is 64.4 Å². The molecule has 94 valence electrons. The van der Waals surface area contributed by atoms with Crippen molar-refractivity contribution in [3.05, 3.63) is 0 Å². The summed E-state index contributed by atoms with van der Waals surface area (Å²) in [4.78, 5) is 11.5. The highest BCUT2D eigenvalue weighted by Crippen LogP contribution is 2.14. The third kappa shape index (κ3) is 6.08. The summed E-state index contributed by atoms with van der Waals surface area (Å²) in [5.41, 5.74) is 5.34. The number of carbonyl (C=O) groups excluding carboxylic acids is 1. The summed E-state index contributed by atoms with van der Waals surface area (Å²) in [7, 11) is 0. The molecule has 1 saturated heterocycles. The van der Waals surface area contributed by atoms with Crippen LogP contribution in [0.2, 0.25) is 0 Å². The van der Waals surface area contributed by atoms with E-state index in [1.165, 1.54) is 12.8 Å². The van der Waals surface area contributed by atoms with Crippen LogP contribution in [0.15, 0.2) is 0 Å². The number of amides is 1. The number of carbonyl (C=O) groups is 1. The lowest BCUT2D eigenvalue weighted by Crippen LogP contribution is -2.39. The predicted molar refractivity (Wildman–Crippen MR) is 64.1 cm³/mol. The molecule has 1 heterocycles. The van der Waals surface area contributed by atoms with Crippen LogP contribution in [0.4, 0.5) is 0 Å². The van der Waals surface area contributed by atoms with Gasteiger partial charge in [-0.05, 0) is 39.5 Å². The molecule has 1 fully saturated rings. The van der Waals surface area contributed by atoms with E-state index in [-0.39, 0.29) is 5.91 Å². The van der Waals surface area contributed by atoms with E-state index in [1.807, 2.05) is 13.8 Å². The maximum atomic E-state index is 11.5. The zero-order chi connectivity index (χ0) is 12.0. The van der Waals surface area contributed by atoms with Gasteiger partial charge in [-0.25, -0.2) is 0 Å². The monoisotopic (exact) mass is 228 g/mol. The highest BCUT2D eigenvalue weighted by atomic mass is 16.5. The average molecular weight is 228 g/mol. The third-order valence-electron chi connectivity index (χ3n) is 2.68. The number of hydrogen-bond donors (Lipinski definition) is 2. The zero-order valence-electron chi connectivity index (χ0n) is 10.4. The molecule has 1 aliphatic rings. The standard InChI is InChI=1S/C12H24N2O2/c1-12(2,13)9-11(15)14-7-6-10-5-3-4-8-16-10/h10H,3-9,13H2,1-2H3,(H,14,15). The molecule has 1 unspecified atom stereocenters. The Morgan fingerprint density at radius 3 is 2.81 bits per heavy atom. The van der Waals surface area contributed by atoms with Gasteiger partial charge in [0, 0.05) is 25.1 Å². The molecular weight excluding hydrogens is 204 g/mol. The minimum absolute atomic E-state index is 0.0308. The number of nitrogens with two attached hydrogens (primary N) is 1. The van der Waals surface area contributed by atoms with Crippen molar-refractivity contribution in [1.29, 1.82) is 0 Å².